The van der Waals surface area contributed by atoms with Crippen molar-refractivity contribution in [2.75, 3.05) is 31.8 Å². The number of sulfonamides is 1. The third-order valence-electron chi connectivity index (χ3n) is 5.09. The highest BCUT2D eigenvalue weighted by Gasteiger charge is 2.25. The summed E-state index contributed by atoms with van der Waals surface area (Å²) in [6.45, 7) is 2.28. The minimum Gasteiger partial charge on any atom is -0.497 e. The molecule has 2 aromatic carbocycles. The lowest BCUT2D eigenvalue weighted by Crippen LogP contribution is -2.36. The van der Waals surface area contributed by atoms with Gasteiger partial charge >= 0.3 is 11.9 Å². The fraction of sp³-hybridized carbons (Fsp3) is 0.280. The number of carbonyl (C=O) groups excluding carboxylic acids is 3. The Balaban J connectivity index is 1.67. The van der Waals surface area contributed by atoms with Gasteiger partial charge in [-0.3, -0.25) is 14.5 Å². The highest BCUT2D eigenvalue weighted by atomic mass is 32.2. The molecule has 38 heavy (non-hydrogen) atoms. The molecule has 0 aliphatic rings. The van der Waals surface area contributed by atoms with E-state index in [2.05, 4.69) is 9.71 Å². The van der Waals surface area contributed by atoms with Gasteiger partial charge in [0.1, 0.15) is 17.2 Å². The largest absolute Gasteiger partial charge is 0.497 e. The van der Waals surface area contributed by atoms with Crippen LogP contribution in [0.4, 0.5) is 5.13 Å². The van der Waals surface area contributed by atoms with Gasteiger partial charge in [-0.25, -0.2) is 18.2 Å². The van der Waals surface area contributed by atoms with E-state index in [4.69, 9.17) is 14.2 Å². The number of nitrogens with zero attached hydrogens (tertiary/aromatic N) is 2. The molecule has 1 aromatic heterocycles. The smallest absolute Gasteiger partial charge is 0.350 e. The van der Waals surface area contributed by atoms with E-state index >= 15 is 0 Å². The van der Waals surface area contributed by atoms with E-state index in [0.717, 1.165) is 16.9 Å². The lowest BCUT2D eigenvalue weighted by Gasteiger charge is -2.20. The first-order valence-corrected chi connectivity index (χ1v) is 13.7. The zero-order chi connectivity index (χ0) is 27.7. The SMILES string of the molecule is CCOC(=O)c1sc(N(Cc2ccccc2)C(=O)COC(=O)CNS(=O)(=O)c2ccc(OC)cc2)nc1C. The lowest BCUT2D eigenvalue weighted by atomic mass is 10.2. The van der Waals surface area contributed by atoms with Crippen LogP contribution >= 0.6 is 11.3 Å². The number of hydrogen-bond acceptors (Lipinski definition) is 10. The van der Waals surface area contributed by atoms with Crippen LogP contribution in [0.1, 0.15) is 27.9 Å². The maximum absolute atomic E-state index is 13.1. The summed E-state index contributed by atoms with van der Waals surface area (Å²) in [7, 11) is -2.53. The second kappa shape index (κ2) is 13.1. The van der Waals surface area contributed by atoms with E-state index in [9.17, 15) is 22.8 Å². The molecule has 0 bridgehead atoms. The Hall–Kier alpha value is -3.81. The number of thiazole rings is 1. The van der Waals surface area contributed by atoms with Crippen LogP contribution in [0.25, 0.3) is 0 Å². The third-order valence-corrected chi connectivity index (χ3v) is 7.67. The summed E-state index contributed by atoms with van der Waals surface area (Å²) in [5.41, 5.74) is 1.18. The Morgan fingerprint density at radius 2 is 1.71 bits per heavy atom. The molecule has 1 heterocycles. The number of aromatic nitrogens is 1. The zero-order valence-electron chi connectivity index (χ0n) is 21.0. The van der Waals surface area contributed by atoms with Crippen molar-refractivity contribution in [2.24, 2.45) is 0 Å². The van der Waals surface area contributed by atoms with E-state index in [1.165, 1.54) is 36.3 Å². The number of nitrogens with one attached hydrogen (secondary N) is 1. The molecule has 0 saturated heterocycles. The number of methoxy groups -OCH3 is 1. The quantitative estimate of drug-likeness (QED) is 0.330. The third kappa shape index (κ3) is 7.60. The van der Waals surface area contributed by atoms with Gasteiger partial charge in [0.05, 0.1) is 30.9 Å². The minimum atomic E-state index is -3.99. The Labute approximate surface area is 224 Å². The fourth-order valence-corrected chi connectivity index (χ4v) is 5.12. The van der Waals surface area contributed by atoms with Crippen LogP contribution in [0.2, 0.25) is 0 Å². The summed E-state index contributed by atoms with van der Waals surface area (Å²) in [5.74, 6) is -1.62. The van der Waals surface area contributed by atoms with Crippen LogP contribution in [0, 0.1) is 6.92 Å². The summed E-state index contributed by atoms with van der Waals surface area (Å²) in [6.07, 6.45) is 0. The van der Waals surface area contributed by atoms with Crippen molar-refractivity contribution in [3.05, 3.63) is 70.7 Å². The van der Waals surface area contributed by atoms with Gasteiger partial charge in [-0.1, -0.05) is 41.7 Å². The average molecular weight is 562 g/mol. The van der Waals surface area contributed by atoms with Crippen LogP contribution in [-0.4, -0.2) is 58.1 Å². The van der Waals surface area contributed by atoms with Crippen LogP contribution in [0.3, 0.4) is 0 Å². The van der Waals surface area contributed by atoms with E-state index in [1.54, 1.807) is 13.8 Å². The molecular weight excluding hydrogens is 534 g/mol. The second-order valence-electron chi connectivity index (χ2n) is 7.76. The molecule has 202 valence electrons. The number of carbonyl (C=O) groups is 3. The molecule has 1 amide bonds. The molecule has 0 aliphatic carbocycles. The van der Waals surface area contributed by atoms with Gasteiger partial charge in [0.15, 0.2) is 11.7 Å². The molecule has 13 heteroatoms. The molecule has 3 aromatic rings. The van der Waals surface area contributed by atoms with E-state index < -0.39 is 41.0 Å². The average Bonchev–Trinajstić information content (AvgIpc) is 3.31. The van der Waals surface area contributed by atoms with E-state index in [-0.39, 0.29) is 28.1 Å². The van der Waals surface area contributed by atoms with Crippen molar-refractivity contribution in [3.63, 3.8) is 0 Å². The standard InChI is InChI=1S/C25H27N3O8S2/c1-4-35-24(31)23-17(2)27-25(37-23)28(15-18-8-6-5-7-9-18)21(29)16-36-22(30)14-26-38(32,33)20-12-10-19(34-3)11-13-20/h5-13,26H,4,14-16H2,1-3H3. The summed E-state index contributed by atoms with van der Waals surface area (Å²) in [4.78, 5) is 43.4. The highest BCUT2D eigenvalue weighted by Crippen LogP contribution is 2.28. The van der Waals surface area contributed by atoms with Gasteiger partial charge in [-0.15, -0.1) is 0 Å². The van der Waals surface area contributed by atoms with Crippen LogP contribution < -0.4 is 14.4 Å². The molecule has 0 saturated carbocycles. The molecular formula is C25H27N3O8S2. The first-order chi connectivity index (χ1) is 18.1. The van der Waals surface area contributed by atoms with Gasteiger partial charge in [-0.2, -0.15) is 4.72 Å². The van der Waals surface area contributed by atoms with Crippen LogP contribution in [0.15, 0.2) is 59.5 Å². The number of esters is 2. The Bertz CT molecular complexity index is 1370. The number of anilines is 1. The van der Waals surface area contributed by atoms with Crippen molar-refractivity contribution >= 4 is 44.3 Å². The number of aryl methyl sites for hydroxylation is 1. The summed E-state index contributed by atoms with van der Waals surface area (Å²) in [6, 6.07) is 14.7. The van der Waals surface area contributed by atoms with Gasteiger partial charge in [0, 0.05) is 0 Å². The number of benzene rings is 2. The summed E-state index contributed by atoms with van der Waals surface area (Å²) < 4.78 is 42.1. The number of amides is 1. The normalized spacial score (nSPS) is 11.0. The van der Waals surface area contributed by atoms with Crippen LogP contribution in [0.5, 0.6) is 5.75 Å². The van der Waals surface area contributed by atoms with Gasteiger partial charge < -0.3 is 14.2 Å². The summed E-state index contributed by atoms with van der Waals surface area (Å²) >= 11 is 0.990. The van der Waals surface area contributed by atoms with E-state index in [1.807, 2.05) is 30.3 Å². The second-order valence-corrected chi connectivity index (χ2v) is 10.5. The Kier molecular flexibility index (Phi) is 9.93. The maximum atomic E-state index is 13.1. The van der Waals surface area contributed by atoms with Gasteiger partial charge in [0.25, 0.3) is 5.91 Å². The lowest BCUT2D eigenvalue weighted by molar-refractivity contribution is -0.146. The molecule has 11 nitrogen and oxygen atoms in total. The molecule has 0 atom stereocenters. The predicted molar refractivity (Wildman–Crippen MR) is 140 cm³/mol. The molecule has 0 aliphatic heterocycles. The van der Waals surface area contributed by atoms with Crippen molar-refractivity contribution in [3.8, 4) is 5.75 Å². The predicted octanol–water partition coefficient (Wildman–Crippen LogP) is 2.69. The van der Waals surface area contributed by atoms with Crippen LogP contribution in [-0.2, 0) is 35.6 Å². The molecule has 0 spiro atoms. The van der Waals surface area contributed by atoms with Crippen molar-refractivity contribution in [1.29, 1.82) is 0 Å². The van der Waals surface area contributed by atoms with Crippen molar-refractivity contribution in [2.45, 2.75) is 25.3 Å². The molecule has 0 fully saturated rings. The number of hydrogen-bond donors (Lipinski definition) is 1. The number of rotatable bonds is 12. The maximum Gasteiger partial charge on any atom is 0.350 e. The molecule has 0 unspecified atom stereocenters. The van der Waals surface area contributed by atoms with Gasteiger partial charge in [0.2, 0.25) is 10.0 Å². The van der Waals surface area contributed by atoms with Gasteiger partial charge in [-0.05, 0) is 43.7 Å². The fourth-order valence-electron chi connectivity index (χ4n) is 3.18. The van der Waals surface area contributed by atoms with E-state index in [0.29, 0.717) is 11.4 Å². The first kappa shape index (κ1) is 28.8. The minimum absolute atomic E-state index is 0.0623. The monoisotopic (exact) mass is 561 g/mol. The first-order valence-electron chi connectivity index (χ1n) is 11.4. The Morgan fingerprint density at radius 3 is 2.34 bits per heavy atom. The summed E-state index contributed by atoms with van der Waals surface area (Å²) in [5, 5.41) is 0.232. The van der Waals surface area contributed by atoms with Crippen molar-refractivity contribution < 1.29 is 37.0 Å². The molecule has 3 rings (SSSR count). The number of ether oxygens (including phenoxy) is 3. The molecule has 0 radical (unpaired) electrons. The van der Waals surface area contributed by atoms with Crippen molar-refractivity contribution in [1.82, 2.24) is 9.71 Å². The Morgan fingerprint density at radius 1 is 1.03 bits per heavy atom. The molecule has 1 N–H and O–H groups in total. The topological polar surface area (TPSA) is 141 Å². The zero-order valence-corrected chi connectivity index (χ0v) is 22.6. The highest BCUT2D eigenvalue weighted by molar-refractivity contribution is 7.89.